The lowest BCUT2D eigenvalue weighted by Gasteiger charge is -2.41. The zero-order chi connectivity index (χ0) is 11.1. The van der Waals surface area contributed by atoms with Crippen LogP contribution in [-0.4, -0.2) is 22.3 Å². The molecule has 86 valence electrons. The Balaban J connectivity index is 2.19. The molecule has 2 bridgehead atoms. The molecule has 0 aromatic rings. The van der Waals surface area contributed by atoms with Crippen molar-refractivity contribution in [2.24, 2.45) is 17.3 Å². The molecule has 0 aromatic carbocycles. The number of carboxylic acids is 1. The molecule has 2 atom stereocenters. The SMILES string of the molecule is CC1(C(=O)O)CC2CCC(CC2)C(O)C1. The Morgan fingerprint density at radius 2 is 1.80 bits per heavy atom. The third-order valence-electron chi connectivity index (χ3n) is 4.35. The topological polar surface area (TPSA) is 57.5 Å². The molecule has 3 saturated carbocycles. The second kappa shape index (κ2) is 3.78. The van der Waals surface area contributed by atoms with E-state index in [0.29, 0.717) is 18.3 Å². The number of aliphatic hydroxyl groups is 1. The highest BCUT2D eigenvalue weighted by atomic mass is 16.4. The summed E-state index contributed by atoms with van der Waals surface area (Å²) >= 11 is 0. The maximum absolute atomic E-state index is 11.3. The summed E-state index contributed by atoms with van der Waals surface area (Å²) in [6, 6.07) is 0. The molecule has 3 rings (SSSR count). The summed E-state index contributed by atoms with van der Waals surface area (Å²) < 4.78 is 0. The first kappa shape index (κ1) is 10.9. The van der Waals surface area contributed by atoms with E-state index in [2.05, 4.69) is 0 Å². The van der Waals surface area contributed by atoms with Crippen molar-refractivity contribution in [3.8, 4) is 0 Å². The van der Waals surface area contributed by atoms with Crippen molar-refractivity contribution in [1.82, 2.24) is 0 Å². The number of aliphatic hydroxyl groups excluding tert-OH is 1. The lowest BCUT2D eigenvalue weighted by atomic mass is 9.65. The lowest BCUT2D eigenvalue weighted by Crippen LogP contribution is -2.41. The van der Waals surface area contributed by atoms with Crippen LogP contribution in [0.15, 0.2) is 0 Å². The van der Waals surface area contributed by atoms with Crippen LogP contribution < -0.4 is 0 Å². The van der Waals surface area contributed by atoms with Gasteiger partial charge in [-0.1, -0.05) is 12.8 Å². The molecular formula is C12H20O3. The average molecular weight is 212 g/mol. The summed E-state index contributed by atoms with van der Waals surface area (Å²) in [6.07, 6.45) is 5.14. The second-order valence-corrected chi connectivity index (χ2v) is 5.62. The molecule has 0 aliphatic heterocycles. The molecule has 3 aliphatic rings. The predicted molar refractivity (Wildman–Crippen MR) is 56.4 cm³/mol. The molecule has 0 saturated heterocycles. The van der Waals surface area contributed by atoms with Crippen LogP contribution in [0.1, 0.15) is 45.4 Å². The first-order valence-electron chi connectivity index (χ1n) is 5.93. The fraction of sp³-hybridized carbons (Fsp3) is 0.917. The van der Waals surface area contributed by atoms with E-state index in [9.17, 15) is 15.0 Å². The molecule has 0 radical (unpaired) electrons. The Morgan fingerprint density at radius 3 is 2.33 bits per heavy atom. The molecule has 0 heterocycles. The minimum Gasteiger partial charge on any atom is -0.481 e. The normalized spacial score (nSPS) is 45.9. The van der Waals surface area contributed by atoms with E-state index in [1.54, 1.807) is 6.92 Å². The van der Waals surface area contributed by atoms with E-state index >= 15 is 0 Å². The smallest absolute Gasteiger partial charge is 0.309 e. The summed E-state index contributed by atoms with van der Waals surface area (Å²) in [5.41, 5.74) is -0.705. The Kier molecular flexibility index (Phi) is 2.75. The molecule has 0 spiro atoms. The maximum atomic E-state index is 11.3. The van der Waals surface area contributed by atoms with Crippen LogP contribution in [0.3, 0.4) is 0 Å². The summed E-state index contributed by atoms with van der Waals surface area (Å²) in [6.45, 7) is 1.79. The molecule has 2 unspecified atom stereocenters. The van der Waals surface area contributed by atoms with Crippen LogP contribution in [0.4, 0.5) is 0 Å². The van der Waals surface area contributed by atoms with Crippen molar-refractivity contribution >= 4 is 5.97 Å². The first-order chi connectivity index (χ1) is 7.01. The van der Waals surface area contributed by atoms with E-state index in [1.165, 1.54) is 0 Å². The van der Waals surface area contributed by atoms with Crippen molar-refractivity contribution in [3.63, 3.8) is 0 Å². The van der Waals surface area contributed by atoms with Gasteiger partial charge in [-0.2, -0.15) is 0 Å². The van der Waals surface area contributed by atoms with Crippen molar-refractivity contribution in [3.05, 3.63) is 0 Å². The quantitative estimate of drug-likeness (QED) is 0.699. The van der Waals surface area contributed by atoms with Gasteiger partial charge >= 0.3 is 5.97 Å². The van der Waals surface area contributed by atoms with Crippen LogP contribution in [0.2, 0.25) is 0 Å². The molecule has 3 nitrogen and oxygen atoms in total. The molecule has 3 aliphatic carbocycles. The van der Waals surface area contributed by atoms with Crippen LogP contribution in [0, 0.1) is 17.3 Å². The lowest BCUT2D eigenvalue weighted by molar-refractivity contribution is -0.153. The predicted octanol–water partition coefficient (Wildman–Crippen LogP) is 2.04. The molecule has 15 heavy (non-hydrogen) atoms. The van der Waals surface area contributed by atoms with Gasteiger partial charge in [0.1, 0.15) is 0 Å². The number of hydrogen-bond donors (Lipinski definition) is 2. The zero-order valence-electron chi connectivity index (χ0n) is 9.28. The number of rotatable bonds is 1. The van der Waals surface area contributed by atoms with Gasteiger partial charge in [-0.05, 0) is 44.4 Å². The molecule has 3 heteroatoms. The van der Waals surface area contributed by atoms with Gasteiger partial charge in [0, 0.05) is 0 Å². The van der Waals surface area contributed by atoms with Gasteiger partial charge in [0.05, 0.1) is 11.5 Å². The molecular weight excluding hydrogens is 192 g/mol. The zero-order valence-corrected chi connectivity index (χ0v) is 9.28. The number of fused-ring (bicyclic) bond motifs is 5. The monoisotopic (exact) mass is 212 g/mol. The average Bonchev–Trinajstić information content (AvgIpc) is 2.16. The van der Waals surface area contributed by atoms with Crippen LogP contribution in [-0.2, 0) is 4.79 Å². The van der Waals surface area contributed by atoms with Crippen molar-refractivity contribution in [1.29, 1.82) is 0 Å². The number of hydrogen-bond acceptors (Lipinski definition) is 2. The third kappa shape index (κ3) is 2.03. The Labute approximate surface area is 90.5 Å². The Hall–Kier alpha value is -0.570. The van der Waals surface area contributed by atoms with Gasteiger partial charge in [0.15, 0.2) is 0 Å². The standard InChI is InChI=1S/C12H20O3/c1-12(11(14)15)6-8-2-4-9(5-3-8)10(13)7-12/h8-10,13H,2-7H2,1H3,(H,14,15). The summed E-state index contributed by atoms with van der Waals surface area (Å²) in [7, 11) is 0. The second-order valence-electron chi connectivity index (χ2n) is 5.62. The Bertz CT molecular complexity index is 252. The number of carbonyl (C=O) groups is 1. The third-order valence-corrected chi connectivity index (χ3v) is 4.35. The van der Waals surface area contributed by atoms with Crippen LogP contribution in [0.25, 0.3) is 0 Å². The largest absolute Gasteiger partial charge is 0.481 e. The van der Waals surface area contributed by atoms with E-state index in [-0.39, 0.29) is 0 Å². The maximum Gasteiger partial charge on any atom is 0.309 e. The van der Waals surface area contributed by atoms with E-state index in [1.807, 2.05) is 0 Å². The van der Waals surface area contributed by atoms with E-state index < -0.39 is 17.5 Å². The van der Waals surface area contributed by atoms with Gasteiger partial charge in [0.2, 0.25) is 0 Å². The van der Waals surface area contributed by atoms with Crippen LogP contribution in [0.5, 0.6) is 0 Å². The minimum absolute atomic E-state index is 0.347. The summed E-state index contributed by atoms with van der Waals surface area (Å²) in [5, 5.41) is 19.3. The van der Waals surface area contributed by atoms with E-state index in [0.717, 1.165) is 32.1 Å². The highest BCUT2D eigenvalue weighted by Crippen LogP contribution is 2.45. The first-order valence-corrected chi connectivity index (χ1v) is 5.93. The summed E-state index contributed by atoms with van der Waals surface area (Å²) in [5.74, 6) is 0.171. The van der Waals surface area contributed by atoms with Crippen molar-refractivity contribution < 1.29 is 15.0 Å². The summed E-state index contributed by atoms with van der Waals surface area (Å²) in [4.78, 5) is 11.3. The highest BCUT2D eigenvalue weighted by molar-refractivity contribution is 5.74. The molecule has 2 N–H and O–H groups in total. The minimum atomic E-state index is -0.742. The van der Waals surface area contributed by atoms with Gasteiger partial charge in [-0.25, -0.2) is 0 Å². The van der Waals surface area contributed by atoms with E-state index in [4.69, 9.17) is 0 Å². The van der Waals surface area contributed by atoms with Crippen molar-refractivity contribution in [2.45, 2.75) is 51.6 Å². The van der Waals surface area contributed by atoms with Gasteiger partial charge in [-0.3, -0.25) is 4.79 Å². The van der Waals surface area contributed by atoms with Gasteiger partial charge in [-0.15, -0.1) is 0 Å². The number of aliphatic carboxylic acids is 1. The highest BCUT2D eigenvalue weighted by Gasteiger charge is 2.43. The molecule has 3 fully saturated rings. The van der Waals surface area contributed by atoms with Crippen molar-refractivity contribution in [2.75, 3.05) is 0 Å². The molecule has 0 amide bonds. The Morgan fingerprint density at radius 1 is 1.20 bits per heavy atom. The van der Waals surface area contributed by atoms with Gasteiger partial charge in [0.25, 0.3) is 0 Å². The fourth-order valence-corrected chi connectivity index (χ4v) is 3.30. The fourth-order valence-electron chi connectivity index (χ4n) is 3.30. The number of carboxylic acid groups (broad SMARTS) is 1. The van der Waals surface area contributed by atoms with Gasteiger partial charge < -0.3 is 10.2 Å². The molecule has 0 aromatic heterocycles. The van der Waals surface area contributed by atoms with Crippen LogP contribution >= 0.6 is 0 Å².